The Kier molecular flexibility index (Phi) is 7.91. The first-order valence-electron chi connectivity index (χ1n) is 9.83. The fourth-order valence-corrected chi connectivity index (χ4v) is 3.93. The van der Waals surface area contributed by atoms with Gasteiger partial charge in [0, 0.05) is 20.9 Å². The normalized spacial score (nSPS) is 12.1. The third kappa shape index (κ3) is 6.64. The van der Waals surface area contributed by atoms with E-state index in [9.17, 15) is 17.6 Å². The Hall–Kier alpha value is -3.24. The maximum absolute atomic E-state index is 12.4. The number of hydrogen-bond donors (Lipinski definition) is 0. The second kappa shape index (κ2) is 11.3. The zero-order chi connectivity index (χ0) is 23.9. The molecular formula is C24H16F4N2O2S2. The first-order chi connectivity index (χ1) is 16.5. The minimum Gasteiger partial charge on any atom is -0.455 e. The average Bonchev–Trinajstić information content (AvgIpc) is 3.47. The van der Waals surface area contributed by atoms with Crippen molar-refractivity contribution in [3.8, 4) is 22.6 Å². The molecule has 0 saturated carbocycles. The molecule has 34 heavy (non-hydrogen) atoms. The Labute approximate surface area is 200 Å². The van der Waals surface area contributed by atoms with Gasteiger partial charge in [0.15, 0.2) is 0 Å². The van der Waals surface area contributed by atoms with E-state index in [1.165, 1.54) is 12.4 Å². The van der Waals surface area contributed by atoms with Gasteiger partial charge in [0.25, 0.3) is 11.5 Å². The van der Waals surface area contributed by atoms with Crippen LogP contribution in [0.3, 0.4) is 0 Å². The zero-order valence-corrected chi connectivity index (χ0v) is 18.9. The van der Waals surface area contributed by atoms with Crippen LogP contribution in [0.15, 0.2) is 102 Å². The van der Waals surface area contributed by atoms with Crippen molar-refractivity contribution in [1.82, 2.24) is 0 Å². The molecule has 0 aliphatic rings. The van der Waals surface area contributed by atoms with E-state index < -0.39 is 11.5 Å². The summed E-state index contributed by atoms with van der Waals surface area (Å²) in [5, 5.41) is 7.88. The van der Waals surface area contributed by atoms with E-state index in [2.05, 4.69) is 10.2 Å². The highest BCUT2D eigenvalue weighted by molar-refractivity contribution is 7.99. The number of hydrogen-bond acceptors (Lipinski definition) is 6. The molecule has 0 atom stereocenters. The average molecular weight is 505 g/mol. The van der Waals surface area contributed by atoms with Gasteiger partial charge in [-0.15, -0.1) is 0 Å². The van der Waals surface area contributed by atoms with Gasteiger partial charge in [-0.2, -0.15) is 27.8 Å². The van der Waals surface area contributed by atoms with Crippen LogP contribution in [0.4, 0.5) is 17.6 Å². The highest BCUT2D eigenvalue weighted by Gasteiger charge is 2.09. The smallest absolute Gasteiger partial charge is 0.288 e. The van der Waals surface area contributed by atoms with E-state index in [0.29, 0.717) is 56.4 Å². The van der Waals surface area contributed by atoms with Crippen molar-refractivity contribution in [2.24, 2.45) is 10.2 Å². The van der Waals surface area contributed by atoms with Gasteiger partial charge in [-0.1, -0.05) is 47.8 Å². The molecule has 4 nitrogen and oxygen atoms in total. The lowest BCUT2D eigenvalue weighted by atomic mass is 10.2. The van der Waals surface area contributed by atoms with Crippen LogP contribution < -0.4 is 0 Å². The molecule has 4 rings (SSSR count). The van der Waals surface area contributed by atoms with Crippen LogP contribution in [0.25, 0.3) is 22.6 Å². The summed E-state index contributed by atoms with van der Waals surface area (Å²) in [6.07, 6.45) is 2.87. The summed E-state index contributed by atoms with van der Waals surface area (Å²) in [5.41, 5.74) is 1.51. The van der Waals surface area contributed by atoms with E-state index in [1.54, 1.807) is 72.8 Å². The van der Waals surface area contributed by atoms with Crippen molar-refractivity contribution in [1.29, 1.82) is 0 Å². The number of thioether (sulfide) groups is 2. The maximum Gasteiger partial charge on any atom is 0.288 e. The Morgan fingerprint density at radius 2 is 0.941 bits per heavy atom. The fourth-order valence-electron chi connectivity index (χ4n) is 2.94. The molecule has 174 valence electrons. The Morgan fingerprint density at radius 1 is 0.559 bits per heavy atom. The van der Waals surface area contributed by atoms with Crippen molar-refractivity contribution in [2.45, 2.75) is 21.3 Å². The second-order valence-corrected chi connectivity index (χ2v) is 8.83. The van der Waals surface area contributed by atoms with Crippen LogP contribution >= 0.6 is 23.5 Å². The number of nitrogens with zero attached hydrogens (tertiary/aromatic N) is 2. The lowest BCUT2D eigenvalue weighted by Crippen LogP contribution is -1.81. The van der Waals surface area contributed by atoms with E-state index in [0.717, 1.165) is 11.1 Å². The monoisotopic (exact) mass is 504 g/mol. The van der Waals surface area contributed by atoms with Gasteiger partial charge in [-0.3, -0.25) is 0 Å². The molecule has 2 aromatic heterocycles. The molecule has 0 bridgehead atoms. The maximum atomic E-state index is 12.4. The molecule has 0 unspecified atom stereocenters. The van der Waals surface area contributed by atoms with Crippen molar-refractivity contribution < 1.29 is 26.4 Å². The quantitative estimate of drug-likeness (QED) is 0.0996. The fraction of sp³-hybridized carbons (Fsp3) is 0.0833. The van der Waals surface area contributed by atoms with Crippen molar-refractivity contribution in [2.75, 3.05) is 0 Å². The predicted octanol–water partition coefficient (Wildman–Crippen LogP) is 8.29. The van der Waals surface area contributed by atoms with E-state index in [1.807, 2.05) is 0 Å². The molecular weight excluding hydrogens is 488 g/mol. The van der Waals surface area contributed by atoms with Gasteiger partial charge in [-0.05, 0) is 48.5 Å². The lowest BCUT2D eigenvalue weighted by molar-refractivity contribution is 0.251. The molecule has 2 aromatic carbocycles. The third-order valence-corrected chi connectivity index (χ3v) is 5.86. The molecule has 0 spiro atoms. The standard InChI is InChI=1S/C24H16F4N2O2S2/c25-23(26)33-19-7-1-15(2-8-19)21-11-5-17(31-21)13-29-30-14-18-6-12-22(32-18)16-3-9-20(10-4-16)34-24(27)28/h1-14,23-24H. The number of benzene rings is 2. The van der Waals surface area contributed by atoms with Crippen LogP contribution in [-0.2, 0) is 0 Å². The highest BCUT2D eigenvalue weighted by Crippen LogP contribution is 2.30. The van der Waals surface area contributed by atoms with Gasteiger partial charge >= 0.3 is 0 Å². The molecule has 0 aliphatic carbocycles. The summed E-state index contributed by atoms with van der Waals surface area (Å²) in [6, 6.07) is 20.2. The number of alkyl halides is 4. The third-order valence-electron chi connectivity index (χ3n) is 4.42. The Bertz CT molecular complexity index is 1170. The number of rotatable bonds is 9. The van der Waals surface area contributed by atoms with Gasteiger partial charge in [0.1, 0.15) is 23.0 Å². The molecule has 0 saturated heterocycles. The minimum atomic E-state index is -2.46. The summed E-state index contributed by atoms with van der Waals surface area (Å²) < 4.78 is 61.1. The number of furan rings is 2. The molecule has 0 fully saturated rings. The first-order valence-corrected chi connectivity index (χ1v) is 11.6. The van der Waals surface area contributed by atoms with Gasteiger partial charge in [0.05, 0.1) is 12.4 Å². The Balaban J connectivity index is 1.34. The van der Waals surface area contributed by atoms with Crippen LogP contribution in [0, 0.1) is 0 Å². The molecule has 0 radical (unpaired) electrons. The summed E-state index contributed by atoms with van der Waals surface area (Å²) >= 11 is 0.975. The van der Waals surface area contributed by atoms with Gasteiger partial charge in [-0.25, -0.2) is 0 Å². The molecule has 0 amide bonds. The van der Waals surface area contributed by atoms with Crippen molar-refractivity contribution >= 4 is 36.0 Å². The molecule has 0 aliphatic heterocycles. The second-order valence-electron chi connectivity index (χ2n) is 6.70. The summed E-state index contributed by atoms with van der Waals surface area (Å²) in [7, 11) is 0. The molecule has 10 heteroatoms. The largest absolute Gasteiger partial charge is 0.455 e. The minimum absolute atomic E-state index is 0.472. The van der Waals surface area contributed by atoms with Crippen LogP contribution in [0.5, 0.6) is 0 Å². The van der Waals surface area contributed by atoms with Crippen LogP contribution in [-0.4, -0.2) is 23.9 Å². The summed E-state index contributed by atoms with van der Waals surface area (Å²) in [4.78, 5) is 0.954. The van der Waals surface area contributed by atoms with Crippen LogP contribution in [0.2, 0.25) is 0 Å². The summed E-state index contributed by atoms with van der Waals surface area (Å²) in [6.45, 7) is 0. The SMILES string of the molecule is FC(F)Sc1ccc(-c2ccc(C=NN=Cc3ccc(-c4ccc(SC(F)F)cc4)o3)o2)cc1. The first kappa shape index (κ1) is 23.9. The van der Waals surface area contributed by atoms with Gasteiger partial charge in [0.2, 0.25) is 0 Å². The van der Waals surface area contributed by atoms with Crippen LogP contribution in [0.1, 0.15) is 11.5 Å². The lowest BCUT2D eigenvalue weighted by Gasteiger charge is -2.01. The van der Waals surface area contributed by atoms with Gasteiger partial charge < -0.3 is 8.83 Å². The highest BCUT2D eigenvalue weighted by atomic mass is 32.2. The van der Waals surface area contributed by atoms with Crippen molar-refractivity contribution in [3.05, 3.63) is 84.3 Å². The van der Waals surface area contributed by atoms with E-state index in [-0.39, 0.29) is 0 Å². The Morgan fingerprint density at radius 3 is 1.29 bits per heavy atom. The molecule has 4 aromatic rings. The number of halogens is 4. The van der Waals surface area contributed by atoms with E-state index >= 15 is 0 Å². The van der Waals surface area contributed by atoms with Crippen molar-refractivity contribution in [3.63, 3.8) is 0 Å². The predicted molar refractivity (Wildman–Crippen MR) is 127 cm³/mol. The topological polar surface area (TPSA) is 51.0 Å². The zero-order valence-electron chi connectivity index (χ0n) is 17.3. The van der Waals surface area contributed by atoms with E-state index in [4.69, 9.17) is 8.83 Å². The molecule has 0 N–H and O–H groups in total. The summed E-state index contributed by atoms with van der Waals surface area (Å²) in [5.74, 6) is -2.83. The molecule has 2 heterocycles.